The molecule has 0 aromatic heterocycles. The number of nitrogens with one attached hydrogen (secondary N) is 1. The third kappa shape index (κ3) is 3.44. The van der Waals surface area contributed by atoms with Gasteiger partial charge in [0.1, 0.15) is 12.3 Å². The van der Waals surface area contributed by atoms with Gasteiger partial charge in [-0.2, -0.15) is 8.42 Å². The van der Waals surface area contributed by atoms with Gasteiger partial charge in [-0.05, 0) is 29.8 Å². The monoisotopic (exact) mass is 382 g/mol. The lowest BCUT2D eigenvalue weighted by Crippen LogP contribution is -2.29. The van der Waals surface area contributed by atoms with Gasteiger partial charge in [0, 0.05) is 0 Å². The number of rotatable bonds is 4. The number of carbonyl (C=O) groups excluding carboxylic acids is 1. The van der Waals surface area contributed by atoms with E-state index in [4.69, 9.17) is 0 Å². The van der Waals surface area contributed by atoms with Crippen LogP contribution in [0.25, 0.3) is 0 Å². The lowest BCUT2D eigenvalue weighted by Gasteiger charge is -2.16. The van der Waals surface area contributed by atoms with Crippen molar-refractivity contribution in [3.8, 4) is 5.75 Å². The summed E-state index contributed by atoms with van der Waals surface area (Å²) >= 11 is 0. The SMILES string of the molecule is O=C1CN(c2ccc(CS(=O)(=O)c3ccccc3)cc2O)S(=O)(=O)N1. The van der Waals surface area contributed by atoms with E-state index in [1.165, 1.54) is 30.3 Å². The molecule has 1 aliphatic rings. The lowest BCUT2D eigenvalue weighted by molar-refractivity contribution is -0.117. The van der Waals surface area contributed by atoms with Gasteiger partial charge in [0.15, 0.2) is 9.84 Å². The highest BCUT2D eigenvalue weighted by atomic mass is 32.2. The molecule has 0 bridgehead atoms. The van der Waals surface area contributed by atoms with Crippen LogP contribution in [0.15, 0.2) is 53.4 Å². The predicted octanol–water partition coefficient (Wildman–Crippen LogP) is 0.547. The van der Waals surface area contributed by atoms with Gasteiger partial charge in [-0.15, -0.1) is 0 Å². The molecule has 3 rings (SSSR count). The van der Waals surface area contributed by atoms with Crippen molar-refractivity contribution >= 4 is 31.6 Å². The van der Waals surface area contributed by atoms with Crippen LogP contribution in [0.2, 0.25) is 0 Å². The Morgan fingerprint density at radius 2 is 1.80 bits per heavy atom. The van der Waals surface area contributed by atoms with Crippen LogP contribution in [0.5, 0.6) is 5.75 Å². The first-order chi connectivity index (χ1) is 11.7. The van der Waals surface area contributed by atoms with Crippen LogP contribution in [0, 0.1) is 0 Å². The Morgan fingerprint density at radius 1 is 1.12 bits per heavy atom. The molecule has 2 aromatic rings. The minimum atomic E-state index is -4.05. The van der Waals surface area contributed by atoms with E-state index >= 15 is 0 Å². The summed E-state index contributed by atoms with van der Waals surface area (Å²) < 4.78 is 50.9. The predicted molar refractivity (Wildman–Crippen MR) is 89.8 cm³/mol. The third-order valence-electron chi connectivity index (χ3n) is 3.59. The van der Waals surface area contributed by atoms with E-state index in [-0.39, 0.29) is 16.3 Å². The number of hydrogen-bond donors (Lipinski definition) is 2. The minimum Gasteiger partial charge on any atom is -0.506 e. The maximum atomic E-state index is 12.4. The highest BCUT2D eigenvalue weighted by Crippen LogP contribution is 2.32. The normalized spacial score (nSPS) is 16.6. The fourth-order valence-electron chi connectivity index (χ4n) is 2.46. The van der Waals surface area contributed by atoms with Gasteiger partial charge in [0.05, 0.1) is 16.3 Å². The van der Waals surface area contributed by atoms with E-state index in [0.29, 0.717) is 5.56 Å². The van der Waals surface area contributed by atoms with E-state index in [2.05, 4.69) is 0 Å². The summed E-state index contributed by atoms with van der Waals surface area (Å²) in [5.74, 6) is -1.50. The number of amides is 1. The van der Waals surface area contributed by atoms with Gasteiger partial charge in [0.25, 0.3) is 5.91 Å². The molecule has 1 aliphatic heterocycles. The number of benzene rings is 2. The molecule has 25 heavy (non-hydrogen) atoms. The van der Waals surface area contributed by atoms with Crippen LogP contribution < -0.4 is 9.03 Å². The molecule has 132 valence electrons. The van der Waals surface area contributed by atoms with Crippen LogP contribution in [-0.2, 0) is 30.6 Å². The number of phenols is 1. The molecule has 0 saturated carbocycles. The molecule has 2 aromatic carbocycles. The molecule has 2 N–H and O–H groups in total. The number of phenolic OH excluding ortho intramolecular Hbond substituents is 1. The van der Waals surface area contributed by atoms with Gasteiger partial charge < -0.3 is 5.11 Å². The fourth-order valence-corrected chi connectivity index (χ4v) is 4.98. The summed E-state index contributed by atoms with van der Waals surface area (Å²) in [5, 5.41) is 10.1. The zero-order chi connectivity index (χ0) is 18.2. The lowest BCUT2D eigenvalue weighted by atomic mass is 10.2. The maximum absolute atomic E-state index is 12.4. The van der Waals surface area contributed by atoms with E-state index in [9.17, 15) is 26.7 Å². The van der Waals surface area contributed by atoms with Crippen molar-refractivity contribution in [2.75, 3.05) is 10.8 Å². The van der Waals surface area contributed by atoms with Crippen molar-refractivity contribution in [3.63, 3.8) is 0 Å². The molecule has 1 saturated heterocycles. The average Bonchev–Trinajstić information content (AvgIpc) is 2.80. The van der Waals surface area contributed by atoms with Crippen LogP contribution in [-0.4, -0.2) is 34.4 Å². The Kier molecular flexibility index (Phi) is 4.17. The van der Waals surface area contributed by atoms with Crippen LogP contribution >= 0.6 is 0 Å². The summed E-state index contributed by atoms with van der Waals surface area (Å²) in [6.45, 7) is -0.447. The number of hydrogen-bond acceptors (Lipinski definition) is 6. The number of carbonyl (C=O) groups is 1. The zero-order valence-electron chi connectivity index (χ0n) is 12.8. The van der Waals surface area contributed by atoms with Crippen molar-refractivity contribution in [2.45, 2.75) is 10.6 Å². The molecular weight excluding hydrogens is 368 g/mol. The molecule has 0 atom stereocenters. The Bertz CT molecular complexity index is 1030. The second-order valence-electron chi connectivity index (χ2n) is 5.43. The van der Waals surface area contributed by atoms with Crippen LogP contribution in [0.3, 0.4) is 0 Å². The molecule has 0 unspecified atom stereocenters. The first-order valence-corrected chi connectivity index (χ1v) is 10.2. The van der Waals surface area contributed by atoms with Crippen molar-refractivity contribution < 1.29 is 26.7 Å². The number of anilines is 1. The number of aromatic hydroxyl groups is 1. The quantitative estimate of drug-likeness (QED) is 0.796. The van der Waals surface area contributed by atoms with Crippen LogP contribution in [0.4, 0.5) is 5.69 Å². The third-order valence-corrected chi connectivity index (χ3v) is 6.68. The first kappa shape index (κ1) is 17.2. The van der Waals surface area contributed by atoms with Gasteiger partial charge in [-0.1, -0.05) is 24.3 Å². The van der Waals surface area contributed by atoms with Crippen molar-refractivity contribution in [2.24, 2.45) is 0 Å². The molecule has 0 aliphatic carbocycles. The fraction of sp³-hybridized carbons (Fsp3) is 0.133. The molecule has 0 spiro atoms. The molecular formula is C15H14N2O6S2. The highest BCUT2D eigenvalue weighted by Gasteiger charge is 2.35. The largest absolute Gasteiger partial charge is 0.506 e. The molecule has 1 fully saturated rings. The molecule has 1 amide bonds. The van der Waals surface area contributed by atoms with Crippen LogP contribution in [0.1, 0.15) is 5.56 Å². The van der Waals surface area contributed by atoms with E-state index < -0.39 is 38.2 Å². The van der Waals surface area contributed by atoms with Crippen molar-refractivity contribution in [1.29, 1.82) is 0 Å². The summed E-state index contributed by atoms with van der Waals surface area (Å²) in [7, 11) is -7.65. The zero-order valence-corrected chi connectivity index (χ0v) is 14.4. The van der Waals surface area contributed by atoms with Gasteiger partial charge in [0.2, 0.25) is 0 Å². The number of sulfone groups is 1. The second-order valence-corrected chi connectivity index (χ2v) is 9.02. The summed E-state index contributed by atoms with van der Waals surface area (Å²) in [6, 6.07) is 11.7. The summed E-state index contributed by atoms with van der Waals surface area (Å²) in [5.41, 5.74) is 0.195. The Morgan fingerprint density at radius 3 is 2.36 bits per heavy atom. The average molecular weight is 382 g/mol. The Balaban J connectivity index is 1.90. The smallest absolute Gasteiger partial charge is 0.326 e. The van der Waals surface area contributed by atoms with Gasteiger partial charge in [-0.25, -0.2) is 17.4 Å². The standard InChI is InChI=1S/C15H14N2O6S2/c18-14-8-11(10-24(20,21)12-4-2-1-3-5-12)6-7-13(14)17-9-15(19)16-25(17,22)23/h1-8,18H,9-10H2,(H,16,19). The second kappa shape index (κ2) is 6.05. The minimum absolute atomic E-state index is 0.0980. The van der Waals surface area contributed by atoms with Crippen molar-refractivity contribution in [1.82, 2.24) is 4.72 Å². The Labute approximate surface area is 144 Å². The summed E-state index contributed by atoms with van der Waals surface area (Å²) in [6.07, 6.45) is 0. The van der Waals surface area contributed by atoms with E-state index in [0.717, 1.165) is 4.31 Å². The maximum Gasteiger partial charge on any atom is 0.326 e. The summed E-state index contributed by atoms with van der Waals surface area (Å²) in [4.78, 5) is 11.4. The van der Waals surface area contributed by atoms with Gasteiger partial charge >= 0.3 is 10.2 Å². The van der Waals surface area contributed by atoms with E-state index in [1.807, 2.05) is 0 Å². The highest BCUT2D eigenvalue weighted by molar-refractivity contribution is 7.92. The molecule has 0 radical (unpaired) electrons. The first-order valence-electron chi connectivity index (χ1n) is 7.12. The van der Waals surface area contributed by atoms with Gasteiger partial charge in [-0.3, -0.25) is 4.79 Å². The van der Waals surface area contributed by atoms with Crippen molar-refractivity contribution in [3.05, 3.63) is 54.1 Å². The topological polar surface area (TPSA) is 121 Å². The number of nitrogens with zero attached hydrogens (tertiary/aromatic N) is 1. The molecule has 1 heterocycles. The van der Waals surface area contributed by atoms with E-state index in [1.54, 1.807) is 22.9 Å². The molecule has 10 heteroatoms. The Hall–Kier alpha value is -2.59. The molecule has 8 nitrogen and oxygen atoms in total.